The molecule has 0 bridgehead atoms. The van der Waals surface area contributed by atoms with Gasteiger partial charge in [-0.25, -0.2) is 0 Å². The summed E-state index contributed by atoms with van der Waals surface area (Å²) in [6.45, 7) is 0. The fraction of sp³-hybridized carbons (Fsp3) is 0. The Hall–Kier alpha value is 0.630. The Balaban J connectivity index is 0.000000605. The van der Waals surface area contributed by atoms with Gasteiger partial charge in [0.15, 0.2) is 0 Å². The van der Waals surface area contributed by atoms with Gasteiger partial charge in [-0.15, -0.1) is 0 Å². The summed E-state index contributed by atoms with van der Waals surface area (Å²) < 4.78 is 0. The van der Waals surface area contributed by atoms with Crippen LogP contribution in [-0.2, 0) is 0 Å². The van der Waals surface area contributed by atoms with E-state index in [1.807, 2.05) is 30.5 Å². The molecular formula is C9H9NNa2. The summed E-state index contributed by atoms with van der Waals surface area (Å²) in [4.78, 5) is 4.18. The van der Waals surface area contributed by atoms with E-state index in [-0.39, 0.29) is 59.1 Å². The van der Waals surface area contributed by atoms with Gasteiger partial charge in [0, 0.05) is 11.6 Å². The topological polar surface area (TPSA) is 12.9 Å². The minimum absolute atomic E-state index is 0. The second-order valence-electron chi connectivity index (χ2n) is 2.20. The molecule has 0 saturated carbocycles. The second kappa shape index (κ2) is 6.14. The monoisotopic (exact) mass is 177 g/mol. The molecule has 0 N–H and O–H groups in total. The maximum atomic E-state index is 4.18. The van der Waals surface area contributed by atoms with Crippen LogP contribution in [0.1, 0.15) is 0 Å². The summed E-state index contributed by atoms with van der Waals surface area (Å²) in [5.41, 5.74) is 1.06. The van der Waals surface area contributed by atoms with E-state index in [0.29, 0.717) is 0 Å². The Morgan fingerprint density at radius 3 is 2.25 bits per heavy atom. The number of fused-ring (bicyclic) bond motifs is 1. The average molecular weight is 177 g/mol. The van der Waals surface area contributed by atoms with Gasteiger partial charge in [0.1, 0.15) is 0 Å². The van der Waals surface area contributed by atoms with Gasteiger partial charge in [0.05, 0.1) is 5.52 Å². The standard InChI is InChI=1S/C9H7N.2Na.2H/c1-2-6-9-8(4-1)5-3-7-10-9;;;;/h1-7H;;;;. The SMILES string of the molecule is [NaH].[NaH].c1ccc2ncccc2c1. The van der Waals surface area contributed by atoms with Gasteiger partial charge < -0.3 is 0 Å². The van der Waals surface area contributed by atoms with Crippen LogP contribution >= 0.6 is 0 Å². The molecule has 1 aromatic heterocycles. The third kappa shape index (κ3) is 2.84. The summed E-state index contributed by atoms with van der Waals surface area (Å²) in [6, 6.07) is 12.1. The van der Waals surface area contributed by atoms with E-state index in [4.69, 9.17) is 0 Å². The molecule has 0 atom stereocenters. The van der Waals surface area contributed by atoms with Crippen molar-refractivity contribution in [3.8, 4) is 0 Å². The first-order valence-electron chi connectivity index (χ1n) is 3.26. The third-order valence-corrected chi connectivity index (χ3v) is 1.51. The number of hydrogen-bond acceptors (Lipinski definition) is 1. The zero-order valence-corrected chi connectivity index (χ0v) is 5.49. The van der Waals surface area contributed by atoms with Crippen LogP contribution in [0.2, 0.25) is 0 Å². The summed E-state index contributed by atoms with van der Waals surface area (Å²) in [7, 11) is 0. The first kappa shape index (κ1) is 12.6. The fourth-order valence-electron chi connectivity index (χ4n) is 1.02. The quantitative estimate of drug-likeness (QED) is 0.546. The van der Waals surface area contributed by atoms with Crippen LogP contribution in [0.5, 0.6) is 0 Å². The summed E-state index contributed by atoms with van der Waals surface area (Å²) in [5, 5.41) is 1.20. The maximum Gasteiger partial charge on any atom is 0.0701 e. The molecule has 1 aromatic carbocycles. The Bertz CT molecular complexity index is 284. The van der Waals surface area contributed by atoms with E-state index in [1.54, 1.807) is 0 Å². The molecule has 12 heavy (non-hydrogen) atoms. The van der Waals surface area contributed by atoms with E-state index < -0.39 is 0 Å². The number of rotatable bonds is 0. The minimum Gasteiger partial charge on any atom is -0.256 e. The van der Waals surface area contributed by atoms with Gasteiger partial charge in [-0.2, -0.15) is 0 Å². The molecular weight excluding hydrogens is 168 g/mol. The Morgan fingerprint density at radius 2 is 1.50 bits per heavy atom. The predicted molar refractivity (Wildman–Crippen MR) is 56.0 cm³/mol. The molecule has 52 valence electrons. The molecule has 0 aliphatic heterocycles. The molecule has 0 aliphatic rings. The molecule has 1 heterocycles. The first-order chi connectivity index (χ1) is 4.97. The smallest absolute Gasteiger partial charge is 0.0701 e. The molecule has 0 saturated heterocycles. The summed E-state index contributed by atoms with van der Waals surface area (Å²) in [5.74, 6) is 0. The molecule has 3 heteroatoms. The van der Waals surface area contributed by atoms with E-state index >= 15 is 0 Å². The largest absolute Gasteiger partial charge is 0.256 e. The van der Waals surface area contributed by atoms with E-state index in [9.17, 15) is 0 Å². The van der Waals surface area contributed by atoms with E-state index in [2.05, 4.69) is 17.1 Å². The first-order valence-corrected chi connectivity index (χ1v) is 3.26. The van der Waals surface area contributed by atoms with Crippen LogP contribution in [0.4, 0.5) is 0 Å². The van der Waals surface area contributed by atoms with Gasteiger partial charge in [-0.05, 0) is 12.1 Å². The molecule has 0 unspecified atom stereocenters. The Labute approximate surface area is 116 Å². The van der Waals surface area contributed by atoms with Crippen molar-refractivity contribution in [1.29, 1.82) is 0 Å². The maximum absolute atomic E-state index is 4.18. The van der Waals surface area contributed by atoms with Gasteiger partial charge >= 0.3 is 59.1 Å². The molecule has 0 aliphatic carbocycles. The van der Waals surface area contributed by atoms with Crippen molar-refractivity contribution < 1.29 is 0 Å². The summed E-state index contributed by atoms with van der Waals surface area (Å²) >= 11 is 0. The zero-order chi connectivity index (χ0) is 6.81. The van der Waals surface area contributed by atoms with Crippen LogP contribution in [0.15, 0.2) is 42.6 Å². The molecule has 0 fully saturated rings. The zero-order valence-electron chi connectivity index (χ0n) is 5.49. The van der Waals surface area contributed by atoms with Crippen molar-refractivity contribution in [3.05, 3.63) is 42.6 Å². The van der Waals surface area contributed by atoms with Crippen LogP contribution in [-0.4, -0.2) is 64.1 Å². The normalized spacial score (nSPS) is 8.33. The van der Waals surface area contributed by atoms with Gasteiger partial charge in [0.2, 0.25) is 0 Å². The summed E-state index contributed by atoms with van der Waals surface area (Å²) in [6.07, 6.45) is 1.81. The van der Waals surface area contributed by atoms with Gasteiger partial charge in [0.25, 0.3) is 0 Å². The van der Waals surface area contributed by atoms with Crippen molar-refractivity contribution in [2.24, 2.45) is 0 Å². The molecule has 0 amide bonds. The number of nitrogens with zero attached hydrogens (tertiary/aromatic N) is 1. The molecule has 2 rings (SSSR count). The molecule has 0 spiro atoms. The van der Waals surface area contributed by atoms with Crippen LogP contribution in [0.25, 0.3) is 10.9 Å². The fourth-order valence-corrected chi connectivity index (χ4v) is 1.02. The Kier molecular flexibility index (Phi) is 6.46. The van der Waals surface area contributed by atoms with Crippen molar-refractivity contribution in [2.75, 3.05) is 0 Å². The Morgan fingerprint density at radius 1 is 0.833 bits per heavy atom. The molecule has 1 nitrogen and oxygen atoms in total. The van der Waals surface area contributed by atoms with E-state index in [0.717, 1.165) is 5.52 Å². The number of aromatic nitrogens is 1. The van der Waals surface area contributed by atoms with Crippen molar-refractivity contribution in [3.63, 3.8) is 0 Å². The second-order valence-corrected chi connectivity index (χ2v) is 2.20. The minimum atomic E-state index is 0. The van der Waals surface area contributed by atoms with Crippen LogP contribution in [0, 0.1) is 0 Å². The van der Waals surface area contributed by atoms with Gasteiger partial charge in [-0.1, -0.05) is 24.3 Å². The number of para-hydroxylation sites is 1. The van der Waals surface area contributed by atoms with Crippen molar-refractivity contribution in [2.45, 2.75) is 0 Å². The average Bonchev–Trinajstić information content (AvgIpc) is 2.05. The predicted octanol–water partition coefficient (Wildman–Crippen LogP) is 0.938. The van der Waals surface area contributed by atoms with Crippen LogP contribution in [0.3, 0.4) is 0 Å². The molecule has 2 aromatic rings. The third-order valence-electron chi connectivity index (χ3n) is 1.51. The number of benzene rings is 1. The molecule has 0 radical (unpaired) electrons. The van der Waals surface area contributed by atoms with Crippen molar-refractivity contribution >= 4 is 70.0 Å². The van der Waals surface area contributed by atoms with E-state index in [1.165, 1.54) is 5.39 Å². The van der Waals surface area contributed by atoms with Crippen molar-refractivity contribution in [1.82, 2.24) is 4.98 Å². The number of pyridine rings is 1. The number of hydrogen-bond donors (Lipinski definition) is 0. The van der Waals surface area contributed by atoms with Crippen LogP contribution < -0.4 is 0 Å². The van der Waals surface area contributed by atoms with Gasteiger partial charge in [-0.3, -0.25) is 4.98 Å².